The minimum atomic E-state index is -0.489. The summed E-state index contributed by atoms with van der Waals surface area (Å²) in [5.74, 6) is 1.53. The van der Waals surface area contributed by atoms with E-state index in [9.17, 15) is 4.79 Å². The smallest absolute Gasteiger partial charge is 0.231 e. The predicted octanol–water partition coefficient (Wildman–Crippen LogP) is 4.60. The summed E-state index contributed by atoms with van der Waals surface area (Å²) in [6.07, 6.45) is 5.02. The number of carbonyl (C=O) groups excluding carboxylic acids is 1. The van der Waals surface area contributed by atoms with Crippen molar-refractivity contribution in [3.05, 3.63) is 54.2 Å². The third-order valence-electron chi connectivity index (χ3n) is 5.13. The minimum absolute atomic E-state index is 0.0116. The van der Waals surface area contributed by atoms with Gasteiger partial charge >= 0.3 is 0 Å². The first-order valence-electron chi connectivity index (χ1n) is 9.38. The van der Waals surface area contributed by atoms with Crippen LogP contribution in [0.1, 0.15) is 43.8 Å². The molecule has 1 N–H and O–H groups in total. The number of aromatic nitrogens is 2. The Hall–Kier alpha value is -2.34. The summed E-state index contributed by atoms with van der Waals surface area (Å²) in [4.78, 5) is 18.2. The summed E-state index contributed by atoms with van der Waals surface area (Å²) in [7, 11) is 0. The average Bonchev–Trinajstić information content (AvgIpc) is 3.14. The summed E-state index contributed by atoms with van der Waals surface area (Å²) in [6, 6.07) is 14.5. The van der Waals surface area contributed by atoms with E-state index in [1.165, 1.54) is 17.2 Å². The number of fused-ring (bicyclic) bond motifs is 1. The zero-order chi connectivity index (χ0) is 18.7. The van der Waals surface area contributed by atoms with Gasteiger partial charge in [-0.2, -0.15) is 4.98 Å². The maximum Gasteiger partial charge on any atom is 0.231 e. The van der Waals surface area contributed by atoms with Crippen LogP contribution in [0.2, 0.25) is 0 Å². The summed E-state index contributed by atoms with van der Waals surface area (Å²) < 4.78 is 5.18. The molecule has 140 valence electrons. The average molecular weight is 382 g/mol. The third-order valence-corrected chi connectivity index (χ3v) is 6.13. The van der Waals surface area contributed by atoms with E-state index in [2.05, 4.69) is 45.8 Å². The lowest BCUT2D eigenvalue weighted by Crippen LogP contribution is -2.48. The summed E-state index contributed by atoms with van der Waals surface area (Å²) in [5.41, 5.74) is -0.489. The molecule has 0 bridgehead atoms. The molecule has 0 radical (unpaired) electrons. The largest absolute Gasteiger partial charge is 0.342 e. The molecule has 4 rings (SSSR count). The molecule has 2 aromatic carbocycles. The quantitative estimate of drug-likeness (QED) is 0.654. The molecular formula is C21H23N3O2S. The van der Waals surface area contributed by atoms with Crippen molar-refractivity contribution in [3.63, 3.8) is 0 Å². The molecule has 1 heterocycles. The molecule has 1 fully saturated rings. The predicted molar refractivity (Wildman–Crippen MR) is 107 cm³/mol. The molecule has 0 unspecified atom stereocenters. The maximum atomic E-state index is 12.7. The van der Waals surface area contributed by atoms with Gasteiger partial charge < -0.3 is 9.84 Å². The van der Waals surface area contributed by atoms with Crippen LogP contribution >= 0.6 is 11.8 Å². The maximum absolute atomic E-state index is 12.7. The molecule has 0 aliphatic heterocycles. The van der Waals surface area contributed by atoms with Crippen LogP contribution in [0.5, 0.6) is 0 Å². The summed E-state index contributed by atoms with van der Waals surface area (Å²) in [5, 5.41) is 9.73. The van der Waals surface area contributed by atoms with Crippen LogP contribution in [0.25, 0.3) is 10.8 Å². The van der Waals surface area contributed by atoms with Gasteiger partial charge in [0.05, 0.1) is 5.75 Å². The molecule has 27 heavy (non-hydrogen) atoms. The molecule has 1 aliphatic rings. The van der Waals surface area contributed by atoms with E-state index in [4.69, 9.17) is 4.52 Å². The highest BCUT2D eigenvalue weighted by atomic mass is 32.2. The van der Waals surface area contributed by atoms with Crippen LogP contribution in [0.4, 0.5) is 0 Å². The van der Waals surface area contributed by atoms with Crippen LogP contribution in [0, 0.1) is 6.92 Å². The number of thioether (sulfide) groups is 1. The Morgan fingerprint density at radius 1 is 1.15 bits per heavy atom. The number of amides is 1. The van der Waals surface area contributed by atoms with Gasteiger partial charge in [-0.3, -0.25) is 4.79 Å². The third kappa shape index (κ3) is 4.00. The van der Waals surface area contributed by atoms with Gasteiger partial charge in [0, 0.05) is 11.8 Å². The summed E-state index contributed by atoms with van der Waals surface area (Å²) in [6.45, 7) is 1.78. The topological polar surface area (TPSA) is 68.0 Å². The van der Waals surface area contributed by atoms with Crippen molar-refractivity contribution < 1.29 is 9.32 Å². The molecule has 6 heteroatoms. The zero-order valence-electron chi connectivity index (χ0n) is 15.4. The first-order chi connectivity index (χ1) is 13.1. The van der Waals surface area contributed by atoms with Gasteiger partial charge in [-0.1, -0.05) is 54.8 Å². The Labute approximate surface area is 162 Å². The molecule has 3 aromatic rings. The zero-order valence-corrected chi connectivity index (χ0v) is 16.2. The van der Waals surface area contributed by atoms with Crippen LogP contribution in [-0.4, -0.2) is 21.8 Å². The normalized spacial score (nSPS) is 16.3. The molecule has 1 amide bonds. The molecule has 0 spiro atoms. The van der Waals surface area contributed by atoms with Crippen molar-refractivity contribution >= 4 is 28.4 Å². The van der Waals surface area contributed by atoms with E-state index in [0.717, 1.165) is 30.6 Å². The number of hydrogen-bond donors (Lipinski definition) is 1. The summed E-state index contributed by atoms with van der Waals surface area (Å²) >= 11 is 1.55. The number of benzene rings is 2. The van der Waals surface area contributed by atoms with Gasteiger partial charge in [-0.15, -0.1) is 11.8 Å². The van der Waals surface area contributed by atoms with Crippen LogP contribution < -0.4 is 5.32 Å². The molecule has 1 aliphatic carbocycles. The van der Waals surface area contributed by atoms with Crippen LogP contribution in [-0.2, 0) is 10.3 Å². The van der Waals surface area contributed by atoms with Gasteiger partial charge in [0.2, 0.25) is 11.8 Å². The molecule has 1 aromatic heterocycles. The first kappa shape index (κ1) is 18.0. The second kappa shape index (κ2) is 7.72. The lowest BCUT2D eigenvalue weighted by molar-refractivity contribution is -0.121. The Balaban J connectivity index is 1.45. The van der Waals surface area contributed by atoms with Gasteiger partial charge in [0.15, 0.2) is 5.82 Å². The van der Waals surface area contributed by atoms with Gasteiger partial charge in [-0.05, 0) is 35.7 Å². The van der Waals surface area contributed by atoms with E-state index in [1.807, 2.05) is 12.1 Å². The minimum Gasteiger partial charge on any atom is -0.342 e. The molecule has 1 saturated carbocycles. The number of nitrogens with zero attached hydrogens (tertiary/aromatic N) is 2. The fourth-order valence-electron chi connectivity index (χ4n) is 3.76. The van der Waals surface area contributed by atoms with Crippen molar-refractivity contribution in [2.75, 3.05) is 5.75 Å². The molecular weight excluding hydrogens is 358 g/mol. The molecule has 0 atom stereocenters. The van der Waals surface area contributed by atoms with E-state index >= 15 is 0 Å². The van der Waals surface area contributed by atoms with E-state index in [-0.39, 0.29) is 5.91 Å². The highest BCUT2D eigenvalue weighted by molar-refractivity contribution is 8.00. The highest BCUT2D eigenvalue weighted by Gasteiger charge is 2.39. The monoisotopic (exact) mass is 381 g/mol. The Morgan fingerprint density at radius 3 is 2.67 bits per heavy atom. The number of hydrogen-bond acceptors (Lipinski definition) is 5. The number of carbonyl (C=O) groups is 1. The number of aryl methyl sites for hydroxylation is 1. The van der Waals surface area contributed by atoms with E-state index in [0.29, 0.717) is 17.5 Å². The van der Waals surface area contributed by atoms with Crippen molar-refractivity contribution in [2.24, 2.45) is 0 Å². The van der Waals surface area contributed by atoms with E-state index < -0.39 is 5.54 Å². The fourth-order valence-corrected chi connectivity index (χ4v) is 4.51. The standard InChI is InChI=1S/C21H23N3O2S/c1-15-22-20(24-26-15)21(11-5-2-6-12-21)23-19(25)14-27-18-10-9-16-7-3-4-8-17(16)13-18/h3-4,7-10,13H,2,5-6,11-12,14H2,1H3,(H,23,25). The SMILES string of the molecule is Cc1nc(C2(NC(=O)CSc3ccc4ccccc4c3)CCCCC2)no1. The van der Waals surface area contributed by atoms with Gasteiger partial charge in [0.25, 0.3) is 0 Å². The number of rotatable bonds is 5. The Morgan fingerprint density at radius 2 is 1.93 bits per heavy atom. The van der Waals surface area contributed by atoms with Crippen molar-refractivity contribution in [1.82, 2.24) is 15.5 Å². The van der Waals surface area contributed by atoms with Crippen LogP contribution in [0.3, 0.4) is 0 Å². The fraction of sp³-hybridized carbons (Fsp3) is 0.381. The second-order valence-corrected chi connectivity index (χ2v) is 8.17. The first-order valence-corrected chi connectivity index (χ1v) is 10.4. The second-order valence-electron chi connectivity index (χ2n) is 7.13. The molecule has 0 saturated heterocycles. The highest BCUT2D eigenvalue weighted by Crippen LogP contribution is 2.36. The van der Waals surface area contributed by atoms with Crippen molar-refractivity contribution in [3.8, 4) is 0 Å². The lowest BCUT2D eigenvalue weighted by atomic mass is 9.81. The lowest BCUT2D eigenvalue weighted by Gasteiger charge is -2.35. The van der Waals surface area contributed by atoms with Gasteiger partial charge in [-0.25, -0.2) is 0 Å². The van der Waals surface area contributed by atoms with E-state index in [1.54, 1.807) is 18.7 Å². The number of nitrogens with one attached hydrogen (secondary N) is 1. The van der Waals surface area contributed by atoms with Crippen molar-refractivity contribution in [1.29, 1.82) is 0 Å². The van der Waals surface area contributed by atoms with Crippen LogP contribution in [0.15, 0.2) is 51.9 Å². The molecule has 5 nitrogen and oxygen atoms in total. The Bertz CT molecular complexity index is 947. The van der Waals surface area contributed by atoms with Crippen molar-refractivity contribution in [2.45, 2.75) is 49.5 Å². The Kier molecular flexibility index (Phi) is 5.16. The van der Waals surface area contributed by atoms with Gasteiger partial charge in [0.1, 0.15) is 5.54 Å².